The highest BCUT2D eigenvalue weighted by atomic mass is 16.4. The van der Waals surface area contributed by atoms with Crippen LogP contribution in [0.5, 0.6) is 0 Å². The Morgan fingerprint density at radius 3 is 2.64 bits per heavy atom. The fraction of sp³-hybridized carbons (Fsp3) is 0.727. The normalized spacial score (nSPS) is 20.4. The van der Waals surface area contributed by atoms with E-state index < -0.39 is 5.97 Å². The standard InChI is InChI=1S/C11H19NO2/c1-12-8-6-10(7-9-12)4-2-3-5-11(13)14/h2-3,10H,4-9H2,1H3,(H,13,14)/b3-2-. The highest BCUT2D eigenvalue weighted by Gasteiger charge is 2.14. The Balaban J connectivity index is 2.12. The molecule has 0 aromatic rings. The van der Waals surface area contributed by atoms with Crippen molar-refractivity contribution in [1.29, 1.82) is 0 Å². The summed E-state index contributed by atoms with van der Waals surface area (Å²) < 4.78 is 0. The van der Waals surface area contributed by atoms with Crippen molar-refractivity contribution in [3.8, 4) is 0 Å². The van der Waals surface area contributed by atoms with Gasteiger partial charge in [-0.05, 0) is 45.3 Å². The van der Waals surface area contributed by atoms with E-state index in [0.717, 1.165) is 12.3 Å². The van der Waals surface area contributed by atoms with Crippen LogP contribution >= 0.6 is 0 Å². The molecule has 1 aliphatic heterocycles. The molecular formula is C11H19NO2. The molecule has 0 unspecified atom stereocenters. The fourth-order valence-corrected chi connectivity index (χ4v) is 1.77. The summed E-state index contributed by atoms with van der Waals surface area (Å²) in [5.74, 6) is 0.0147. The van der Waals surface area contributed by atoms with Crippen molar-refractivity contribution in [2.75, 3.05) is 20.1 Å². The number of nitrogens with zero attached hydrogens (tertiary/aromatic N) is 1. The maximum absolute atomic E-state index is 10.2. The van der Waals surface area contributed by atoms with Crippen LogP contribution in [-0.2, 0) is 4.79 Å². The molecule has 0 bridgehead atoms. The van der Waals surface area contributed by atoms with Gasteiger partial charge in [-0.15, -0.1) is 0 Å². The van der Waals surface area contributed by atoms with Gasteiger partial charge in [-0.3, -0.25) is 4.79 Å². The van der Waals surface area contributed by atoms with E-state index in [4.69, 9.17) is 5.11 Å². The van der Waals surface area contributed by atoms with Crippen molar-refractivity contribution in [2.24, 2.45) is 5.92 Å². The zero-order valence-electron chi connectivity index (χ0n) is 8.78. The van der Waals surface area contributed by atoms with Crippen molar-refractivity contribution >= 4 is 5.97 Å². The average molecular weight is 197 g/mol. The number of aliphatic carboxylic acids is 1. The van der Waals surface area contributed by atoms with Gasteiger partial charge in [-0.2, -0.15) is 0 Å². The lowest BCUT2D eigenvalue weighted by Crippen LogP contribution is -2.29. The number of carbonyl (C=O) groups is 1. The number of carboxylic acids is 1. The second kappa shape index (κ2) is 5.81. The molecule has 80 valence electrons. The van der Waals surface area contributed by atoms with E-state index in [-0.39, 0.29) is 6.42 Å². The minimum Gasteiger partial charge on any atom is -0.481 e. The van der Waals surface area contributed by atoms with Gasteiger partial charge in [0.05, 0.1) is 6.42 Å². The summed E-state index contributed by atoms with van der Waals surface area (Å²) in [5, 5.41) is 8.43. The van der Waals surface area contributed by atoms with Crippen molar-refractivity contribution in [3.05, 3.63) is 12.2 Å². The van der Waals surface area contributed by atoms with E-state index in [1.54, 1.807) is 6.08 Å². The maximum Gasteiger partial charge on any atom is 0.307 e. The average Bonchev–Trinajstić information content (AvgIpc) is 2.15. The smallest absolute Gasteiger partial charge is 0.307 e. The van der Waals surface area contributed by atoms with Gasteiger partial charge < -0.3 is 10.0 Å². The van der Waals surface area contributed by atoms with Crippen LogP contribution in [0.25, 0.3) is 0 Å². The molecule has 0 aromatic heterocycles. The van der Waals surface area contributed by atoms with Crippen LogP contribution in [0.1, 0.15) is 25.7 Å². The van der Waals surface area contributed by atoms with Crippen molar-refractivity contribution in [3.63, 3.8) is 0 Å². The van der Waals surface area contributed by atoms with Gasteiger partial charge in [0.2, 0.25) is 0 Å². The van der Waals surface area contributed by atoms with Gasteiger partial charge >= 0.3 is 5.97 Å². The van der Waals surface area contributed by atoms with Crippen LogP contribution in [0, 0.1) is 5.92 Å². The first-order valence-electron chi connectivity index (χ1n) is 5.24. The summed E-state index contributed by atoms with van der Waals surface area (Å²) in [6.07, 6.45) is 7.47. The molecule has 1 fully saturated rings. The third kappa shape index (κ3) is 4.42. The number of piperidine rings is 1. The van der Waals surface area contributed by atoms with Gasteiger partial charge in [-0.1, -0.05) is 12.2 Å². The summed E-state index contributed by atoms with van der Waals surface area (Å²) in [5.41, 5.74) is 0. The summed E-state index contributed by atoms with van der Waals surface area (Å²) in [6.45, 7) is 2.36. The van der Waals surface area contributed by atoms with E-state index in [1.165, 1.54) is 25.9 Å². The largest absolute Gasteiger partial charge is 0.481 e. The maximum atomic E-state index is 10.2. The van der Waals surface area contributed by atoms with Gasteiger partial charge in [0.15, 0.2) is 0 Å². The molecule has 1 N–H and O–H groups in total. The first-order valence-corrected chi connectivity index (χ1v) is 5.24. The van der Waals surface area contributed by atoms with Crippen LogP contribution in [0.2, 0.25) is 0 Å². The number of carboxylic acid groups (broad SMARTS) is 1. The van der Waals surface area contributed by atoms with E-state index in [0.29, 0.717) is 0 Å². The van der Waals surface area contributed by atoms with E-state index >= 15 is 0 Å². The lowest BCUT2D eigenvalue weighted by Gasteiger charge is -2.28. The monoisotopic (exact) mass is 197 g/mol. The summed E-state index contributed by atoms with van der Waals surface area (Å²) in [4.78, 5) is 12.6. The highest BCUT2D eigenvalue weighted by Crippen LogP contribution is 2.19. The minimum atomic E-state index is -0.746. The SMILES string of the molecule is CN1CCC(C/C=C\CC(=O)O)CC1. The molecule has 1 saturated heterocycles. The number of hydrogen-bond acceptors (Lipinski definition) is 2. The van der Waals surface area contributed by atoms with E-state index in [1.807, 2.05) is 6.08 Å². The molecule has 0 radical (unpaired) electrons. The molecular weight excluding hydrogens is 178 g/mol. The molecule has 3 nitrogen and oxygen atoms in total. The molecule has 0 amide bonds. The molecule has 1 aliphatic rings. The Hall–Kier alpha value is -0.830. The highest BCUT2D eigenvalue weighted by molar-refractivity contribution is 5.68. The first-order chi connectivity index (χ1) is 6.68. The van der Waals surface area contributed by atoms with Crippen LogP contribution in [0.4, 0.5) is 0 Å². The molecule has 0 atom stereocenters. The van der Waals surface area contributed by atoms with Gasteiger partial charge in [0.1, 0.15) is 0 Å². The zero-order valence-corrected chi connectivity index (χ0v) is 8.78. The van der Waals surface area contributed by atoms with Crippen LogP contribution in [-0.4, -0.2) is 36.1 Å². The predicted molar refractivity (Wildman–Crippen MR) is 56.2 cm³/mol. The Kier molecular flexibility index (Phi) is 4.66. The Morgan fingerprint density at radius 2 is 2.07 bits per heavy atom. The minimum absolute atomic E-state index is 0.159. The number of rotatable bonds is 4. The second-order valence-corrected chi connectivity index (χ2v) is 4.05. The van der Waals surface area contributed by atoms with E-state index in [9.17, 15) is 4.79 Å². The predicted octanol–water partition coefficient (Wildman–Crippen LogP) is 1.75. The van der Waals surface area contributed by atoms with E-state index in [2.05, 4.69) is 11.9 Å². The third-order valence-electron chi connectivity index (χ3n) is 2.77. The van der Waals surface area contributed by atoms with Crippen molar-refractivity contribution < 1.29 is 9.90 Å². The molecule has 0 aromatic carbocycles. The van der Waals surface area contributed by atoms with Crippen LogP contribution < -0.4 is 0 Å². The summed E-state index contributed by atoms with van der Waals surface area (Å²) in [6, 6.07) is 0. The summed E-state index contributed by atoms with van der Waals surface area (Å²) in [7, 11) is 2.15. The molecule has 0 spiro atoms. The Labute approximate surface area is 85.4 Å². The van der Waals surface area contributed by atoms with Gasteiger partial charge in [0.25, 0.3) is 0 Å². The number of likely N-dealkylation sites (tertiary alicyclic amines) is 1. The third-order valence-corrected chi connectivity index (χ3v) is 2.77. The lowest BCUT2D eigenvalue weighted by atomic mass is 9.94. The Morgan fingerprint density at radius 1 is 1.43 bits per heavy atom. The molecule has 0 aliphatic carbocycles. The summed E-state index contributed by atoms with van der Waals surface area (Å²) >= 11 is 0. The first kappa shape index (κ1) is 11.2. The van der Waals surface area contributed by atoms with Gasteiger partial charge in [0, 0.05) is 0 Å². The number of hydrogen-bond donors (Lipinski definition) is 1. The van der Waals surface area contributed by atoms with Gasteiger partial charge in [-0.25, -0.2) is 0 Å². The quantitative estimate of drug-likeness (QED) is 0.698. The van der Waals surface area contributed by atoms with Crippen molar-refractivity contribution in [1.82, 2.24) is 4.90 Å². The van der Waals surface area contributed by atoms with Crippen LogP contribution in [0.3, 0.4) is 0 Å². The lowest BCUT2D eigenvalue weighted by molar-refractivity contribution is -0.136. The van der Waals surface area contributed by atoms with Crippen molar-refractivity contribution in [2.45, 2.75) is 25.7 Å². The zero-order chi connectivity index (χ0) is 10.4. The number of allylic oxidation sites excluding steroid dienone is 1. The van der Waals surface area contributed by atoms with Crippen LogP contribution in [0.15, 0.2) is 12.2 Å². The molecule has 14 heavy (non-hydrogen) atoms. The molecule has 1 rings (SSSR count). The fourth-order valence-electron chi connectivity index (χ4n) is 1.77. The topological polar surface area (TPSA) is 40.5 Å². The molecule has 3 heteroatoms. The molecule has 0 saturated carbocycles. The molecule has 1 heterocycles. The Bertz CT molecular complexity index is 205. The second-order valence-electron chi connectivity index (χ2n) is 4.05.